The molecule has 156 valence electrons. The van der Waals surface area contributed by atoms with E-state index in [1.807, 2.05) is 6.92 Å². The number of anilines is 1. The second-order valence-corrected chi connectivity index (χ2v) is 7.43. The van der Waals surface area contributed by atoms with Crippen LogP contribution >= 0.6 is 0 Å². The van der Waals surface area contributed by atoms with Gasteiger partial charge in [0.2, 0.25) is 0 Å². The lowest BCUT2D eigenvalue weighted by molar-refractivity contribution is 0.102. The lowest BCUT2D eigenvalue weighted by Crippen LogP contribution is -2.31. The summed E-state index contributed by atoms with van der Waals surface area (Å²) in [4.78, 5) is 22.5. The maximum Gasteiger partial charge on any atom is 0.274 e. The van der Waals surface area contributed by atoms with E-state index >= 15 is 0 Å². The van der Waals surface area contributed by atoms with Crippen LogP contribution in [0.4, 0.5) is 10.1 Å². The maximum absolute atomic E-state index is 13.6. The van der Waals surface area contributed by atoms with Crippen LogP contribution in [0.1, 0.15) is 34.5 Å². The van der Waals surface area contributed by atoms with Gasteiger partial charge in [-0.2, -0.15) is 0 Å². The van der Waals surface area contributed by atoms with Crippen molar-refractivity contribution in [2.24, 2.45) is 0 Å². The van der Waals surface area contributed by atoms with Crippen molar-refractivity contribution in [1.29, 1.82) is 10.8 Å². The molecule has 0 saturated heterocycles. The van der Waals surface area contributed by atoms with Crippen LogP contribution in [-0.4, -0.2) is 39.0 Å². The predicted molar refractivity (Wildman–Crippen MR) is 117 cm³/mol. The fraction of sp³-hybridized carbons (Fsp3) is 0.174. The first-order valence-electron chi connectivity index (χ1n) is 9.83. The number of nitrogens with one attached hydrogen (secondary N) is 3. The Kier molecular flexibility index (Phi) is 5.53. The molecule has 0 unspecified atom stereocenters. The van der Waals surface area contributed by atoms with E-state index in [2.05, 4.69) is 15.3 Å². The molecule has 4 rings (SSSR count). The Balaban J connectivity index is 1.55. The summed E-state index contributed by atoms with van der Waals surface area (Å²) in [6, 6.07) is 10.1. The smallest absolute Gasteiger partial charge is 0.274 e. The number of hydrogen-bond acceptors (Lipinski definition) is 5. The summed E-state index contributed by atoms with van der Waals surface area (Å²) >= 11 is 0. The predicted octanol–water partition coefficient (Wildman–Crippen LogP) is 4.24. The van der Waals surface area contributed by atoms with Crippen molar-refractivity contribution in [1.82, 2.24) is 14.9 Å². The van der Waals surface area contributed by atoms with Gasteiger partial charge in [-0.05, 0) is 55.2 Å². The van der Waals surface area contributed by atoms with Gasteiger partial charge in [-0.15, -0.1) is 0 Å². The highest BCUT2D eigenvalue weighted by atomic mass is 19.1. The zero-order valence-corrected chi connectivity index (χ0v) is 16.9. The van der Waals surface area contributed by atoms with Crippen LogP contribution in [0.5, 0.6) is 0 Å². The van der Waals surface area contributed by atoms with Crippen LogP contribution in [0.2, 0.25) is 0 Å². The van der Waals surface area contributed by atoms with E-state index in [9.17, 15) is 9.18 Å². The summed E-state index contributed by atoms with van der Waals surface area (Å²) in [5.74, 6) is -0.646. The topological polar surface area (TPSA) is 106 Å². The summed E-state index contributed by atoms with van der Waals surface area (Å²) in [5, 5.41) is 18.7. The molecule has 8 heteroatoms. The highest BCUT2D eigenvalue weighted by molar-refractivity contribution is 6.06. The Morgan fingerprint density at radius 3 is 2.74 bits per heavy atom. The van der Waals surface area contributed by atoms with Crippen LogP contribution in [0.3, 0.4) is 0 Å². The number of rotatable bonds is 6. The van der Waals surface area contributed by atoms with Crippen LogP contribution in [-0.2, 0) is 0 Å². The van der Waals surface area contributed by atoms with Gasteiger partial charge in [0, 0.05) is 35.2 Å². The van der Waals surface area contributed by atoms with Gasteiger partial charge in [0.15, 0.2) is 0 Å². The third kappa shape index (κ3) is 4.48. The second-order valence-electron chi connectivity index (χ2n) is 7.43. The SMILES string of the molecule is Cc1cnc(C(=O)Nc2cccc(C(=N)N(C=N)C3CC3)c2)cc1-c1cncc(F)c1. The van der Waals surface area contributed by atoms with Crippen molar-refractivity contribution in [3.05, 3.63) is 77.6 Å². The first-order chi connectivity index (χ1) is 15.0. The first-order valence-corrected chi connectivity index (χ1v) is 9.83. The number of amidine groups is 1. The van der Waals surface area contributed by atoms with Crippen molar-refractivity contribution in [2.75, 3.05) is 5.32 Å². The van der Waals surface area contributed by atoms with Gasteiger partial charge in [0.25, 0.3) is 5.91 Å². The van der Waals surface area contributed by atoms with Gasteiger partial charge in [-0.1, -0.05) is 12.1 Å². The van der Waals surface area contributed by atoms with Gasteiger partial charge in [-0.3, -0.25) is 25.6 Å². The molecule has 3 aromatic rings. The molecule has 3 N–H and O–H groups in total. The molecule has 2 heterocycles. The van der Waals surface area contributed by atoms with E-state index in [0.717, 1.165) is 24.6 Å². The minimum atomic E-state index is -0.454. The molecule has 0 bridgehead atoms. The number of aromatic nitrogens is 2. The van der Waals surface area contributed by atoms with Crippen molar-refractivity contribution < 1.29 is 9.18 Å². The van der Waals surface area contributed by atoms with Crippen molar-refractivity contribution in [3.63, 3.8) is 0 Å². The Morgan fingerprint density at radius 1 is 1.23 bits per heavy atom. The van der Waals surface area contributed by atoms with Crippen LogP contribution in [0.15, 0.2) is 55.0 Å². The van der Waals surface area contributed by atoms with Gasteiger partial charge in [-0.25, -0.2) is 4.39 Å². The Labute approximate surface area is 179 Å². The van der Waals surface area contributed by atoms with E-state index in [1.54, 1.807) is 41.4 Å². The van der Waals surface area contributed by atoms with Crippen LogP contribution in [0.25, 0.3) is 11.1 Å². The standard InChI is InChI=1S/C23H21FN6O/c1-14-10-28-21(9-20(14)16-7-17(24)12-27-11-16)23(31)29-18-4-2-3-15(8-18)22(26)30(13-25)19-5-6-19/h2-4,7-13,19,25-26H,5-6H2,1H3,(H,29,31). The quantitative estimate of drug-likeness (QED) is 0.413. The van der Waals surface area contributed by atoms with Crippen molar-refractivity contribution in [2.45, 2.75) is 25.8 Å². The van der Waals surface area contributed by atoms with Crippen molar-refractivity contribution in [3.8, 4) is 11.1 Å². The second kappa shape index (κ2) is 8.43. The molecule has 1 aliphatic carbocycles. The van der Waals surface area contributed by atoms with E-state index in [4.69, 9.17) is 10.8 Å². The number of carbonyl (C=O) groups excluding carboxylic acids is 1. The van der Waals surface area contributed by atoms with E-state index in [0.29, 0.717) is 22.4 Å². The monoisotopic (exact) mass is 416 g/mol. The number of pyridine rings is 2. The van der Waals surface area contributed by atoms with E-state index in [-0.39, 0.29) is 17.6 Å². The number of carbonyl (C=O) groups is 1. The lowest BCUT2D eigenvalue weighted by atomic mass is 10.0. The number of hydrogen-bond donors (Lipinski definition) is 3. The number of aryl methyl sites for hydroxylation is 1. The normalized spacial score (nSPS) is 12.8. The number of nitrogens with zero attached hydrogens (tertiary/aromatic N) is 3. The largest absolute Gasteiger partial charge is 0.321 e. The molecule has 0 atom stereocenters. The molecular formula is C23H21FN6O. The molecular weight excluding hydrogens is 395 g/mol. The van der Waals surface area contributed by atoms with Gasteiger partial charge in [0.05, 0.1) is 12.5 Å². The number of benzene rings is 1. The first kappa shape index (κ1) is 20.3. The molecule has 1 saturated carbocycles. The average Bonchev–Trinajstić information content (AvgIpc) is 3.60. The molecule has 0 radical (unpaired) electrons. The summed E-state index contributed by atoms with van der Waals surface area (Å²) in [7, 11) is 0. The highest BCUT2D eigenvalue weighted by Gasteiger charge is 2.30. The molecule has 1 amide bonds. The zero-order valence-electron chi connectivity index (χ0n) is 16.9. The third-order valence-corrected chi connectivity index (χ3v) is 5.08. The van der Waals surface area contributed by atoms with Crippen molar-refractivity contribution >= 4 is 23.8 Å². The molecule has 7 nitrogen and oxygen atoms in total. The summed E-state index contributed by atoms with van der Waals surface area (Å²) in [6.45, 7) is 1.83. The Morgan fingerprint density at radius 2 is 2.03 bits per heavy atom. The molecule has 31 heavy (non-hydrogen) atoms. The molecule has 1 aromatic carbocycles. The zero-order chi connectivity index (χ0) is 22.0. The summed E-state index contributed by atoms with van der Waals surface area (Å²) in [5.41, 5.74) is 3.35. The molecule has 1 aliphatic rings. The third-order valence-electron chi connectivity index (χ3n) is 5.08. The molecule has 1 fully saturated rings. The van der Waals surface area contributed by atoms with E-state index in [1.165, 1.54) is 18.6 Å². The Hall–Kier alpha value is -3.94. The summed E-state index contributed by atoms with van der Waals surface area (Å²) in [6.07, 6.45) is 7.34. The minimum Gasteiger partial charge on any atom is -0.321 e. The minimum absolute atomic E-state index is 0.185. The fourth-order valence-electron chi connectivity index (χ4n) is 3.31. The van der Waals surface area contributed by atoms with Gasteiger partial charge < -0.3 is 10.2 Å². The van der Waals surface area contributed by atoms with Gasteiger partial charge in [0.1, 0.15) is 17.3 Å². The van der Waals surface area contributed by atoms with Gasteiger partial charge >= 0.3 is 0 Å². The summed E-state index contributed by atoms with van der Waals surface area (Å²) < 4.78 is 13.6. The highest BCUT2D eigenvalue weighted by Crippen LogP contribution is 2.28. The average molecular weight is 416 g/mol. The number of amides is 1. The van der Waals surface area contributed by atoms with Crippen LogP contribution in [0, 0.1) is 23.6 Å². The van der Waals surface area contributed by atoms with Crippen LogP contribution < -0.4 is 5.32 Å². The maximum atomic E-state index is 13.6. The Bertz CT molecular complexity index is 1170. The number of halogens is 1. The molecule has 2 aromatic heterocycles. The lowest BCUT2D eigenvalue weighted by Gasteiger charge is -2.19. The fourth-order valence-corrected chi connectivity index (χ4v) is 3.31. The van der Waals surface area contributed by atoms with E-state index < -0.39 is 11.7 Å². The molecule has 0 aliphatic heterocycles. The molecule has 0 spiro atoms.